The first-order valence-electron chi connectivity index (χ1n) is 5.60. The van der Waals surface area contributed by atoms with E-state index in [2.05, 4.69) is 29.0 Å². The first-order chi connectivity index (χ1) is 7.79. The molecule has 1 aromatic carbocycles. The van der Waals surface area contributed by atoms with Crippen LogP contribution in [0.15, 0.2) is 30.3 Å². The minimum absolute atomic E-state index is 1.03. The second kappa shape index (κ2) is 5.92. The summed E-state index contributed by atoms with van der Waals surface area (Å²) in [7, 11) is 0. The van der Waals surface area contributed by atoms with Gasteiger partial charge in [0.1, 0.15) is 0 Å². The lowest BCUT2D eigenvalue weighted by Gasteiger charge is -1.98. The summed E-state index contributed by atoms with van der Waals surface area (Å²) in [5.74, 6) is 5.93. The summed E-state index contributed by atoms with van der Waals surface area (Å²) < 4.78 is 0. The molecule has 1 heterocycles. The first kappa shape index (κ1) is 12.3. The molecule has 0 aliphatic carbocycles. The van der Waals surface area contributed by atoms with E-state index in [9.17, 15) is 0 Å². The maximum Gasteiger partial charge on any atom is 0.0706 e. The lowest BCUT2D eigenvalue weighted by atomic mass is 10.1. The molecule has 0 spiro atoms. The number of nitrogens with zero attached hydrogens (tertiary/aromatic N) is 1. The topological polar surface area (TPSA) is 12.9 Å². The molecule has 0 saturated heterocycles. The van der Waals surface area contributed by atoms with E-state index in [4.69, 9.17) is 0 Å². The van der Waals surface area contributed by atoms with E-state index in [1.54, 1.807) is 0 Å². The average molecular weight is 211 g/mol. The van der Waals surface area contributed by atoms with Gasteiger partial charge in [-0.15, -0.1) is 5.92 Å². The fourth-order valence-corrected chi connectivity index (χ4v) is 1.45. The highest BCUT2D eigenvalue weighted by atomic mass is 14.7. The number of benzene rings is 1. The predicted molar refractivity (Wildman–Crippen MR) is 70.4 cm³/mol. The Hall–Kier alpha value is -1.81. The molecule has 0 radical (unpaired) electrons. The lowest BCUT2D eigenvalue weighted by molar-refractivity contribution is 1.25. The van der Waals surface area contributed by atoms with Crippen LogP contribution in [-0.4, -0.2) is 4.98 Å². The van der Waals surface area contributed by atoms with Crippen LogP contribution in [0.3, 0.4) is 0 Å². The van der Waals surface area contributed by atoms with Crippen molar-refractivity contribution in [1.29, 1.82) is 0 Å². The fraction of sp³-hybridized carbons (Fsp3) is 0.267. The predicted octanol–water partition coefficient (Wildman–Crippen LogP) is 3.94. The summed E-state index contributed by atoms with van der Waals surface area (Å²) in [6.07, 6.45) is 0. The average Bonchev–Trinajstić information content (AvgIpc) is 2.32. The van der Waals surface area contributed by atoms with Crippen LogP contribution in [0.25, 0.3) is 10.9 Å². The van der Waals surface area contributed by atoms with Crippen molar-refractivity contribution in [2.24, 2.45) is 0 Å². The Bertz CT molecular complexity index is 530. The van der Waals surface area contributed by atoms with Crippen LogP contribution < -0.4 is 0 Å². The van der Waals surface area contributed by atoms with Gasteiger partial charge < -0.3 is 0 Å². The maximum atomic E-state index is 4.43. The van der Waals surface area contributed by atoms with Crippen molar-refractivity contribution in [3.8, 4) is 11.8 Å². The maximum absolute atomic E-state index is 4.43. The molecule has 1 heteroatoms. The van der Waals surface area contributed by atoms with Crippen LogP contribution in [-0.2, 0) is 0 Å². The van der Waals surface area contributed by atoms with Gasteiger partial charge >= 0.3 is 0 Å². The summed E-state index contributed by atoms with van der Waals surface area (Å²) in [4.78, 5) is 4.43. The molecule has 1 aromatic heterocycles. The molecule has 1 nitrogen and oxygen atoms in total. The molecule has 0 N–H and O–H groups in total. The van der Waals surface area contributed by atoms with E-state index in [1.807, 2.05) is 45.9 Å². The number of fused-ring (bicyclic) bond motifs is 1. The van der Waals surface area contributed by atoms with E-state index >= 15 is 0 Å². The number of aromatic nitrogens is 1. The van der Waals surface area contributed by atoms with Crippen LogP contribution in [0.4, 0.5) is 0 Å². The van der Waals surface area contributed by atoms with Gasteiger partial charge in [0.05, 0.1) is 5.52 Å². The molecule has 0 saturated carbocycles. The Balaban J connectivity index is 0.000000606. The summed E-state index contributed by atoms with van der Waals surface area (Å²) in [6, 6.07) is 10.2. The minimum atomic E-state index is 1.03. The Morgan fingerprint density at radius 2 is 1.81 bits per heavy atom. The van der Waals surface area contributed by atoms with E-state index in [-0.39, 0.29) is 0 Å². The minimum Gasteiger partial charge on any atom is -0.253 e. The molecular formula is C15H17N. The van der Waals surface area contributed by atoms with Crippen LogP contribution in [0.1, 0.15) is 32.0 Å². The molecule has 0 amide bonds. The standard InChI is InChI=1S/C13H11N.C2H6/c1-3-4-11-6-8-13-12(9-11)7-5-10(2)14-13;1-2/h5-9H,1-2H3;1-2H3. The van der Waals surface area contributed by atoms with Crippen LogP contribution in [0.5, 0.6) is 0 Å². The van der Waals surface area contributed by atoms with Gasteiger partial charge in [-0.3, -0.25) is 4.98 Å². The van der Waals surface area contributed by atoms with Gasteiger partial charge in [0.15, 0.2) is 0 Å². The monoisotopic (exact) mass is 211 g/mol. The number of aryl methyl sites for hydroxylation is 1. The smallest absolute Gasteiger partial charge is 0.0706 e. The van der Waals surface area contributed by atoms with Gasteiger partial charge in [0.2, 0.25) is 0 Å². The lowest BCUT2D eigenvalue weighted by Crippen LogP contribution is -1.83. The van der Waals surface area contributed by atoms with Gasteiger partial charge in [-0.25, -0.2) is 0 Å². The molecule has 0 fully saturated rings. The number of hydrogen-bond acceptors (Lipinski definition) is 1. The van der Waals surface area contributed by atoms with Crippen molar-refractivity contribution in [2.75, 3.05) is 0 Å². The van der Waals surface area contributed by atoms with Crippen LogP contribution in [0, 0.1) is 18.8 Å². The third-order valence-electron chi connectivity index (χ3n) is 2.10. The zero-order valence-electron chi connectivity index (χ0n) is 10.3. The molecule has 16 heavy (non-hydrogen) atoms. The molecular weight excluding hydrogens is 194 g/mol. The molecule has 0 bridgehead atoms. The van der Waals surface area contributed by atoms with Crippen molar-refractivity contribution in [3.05, 3.63) is 41.6 Å². The van der Waals surface area contributed by atoms with Gasteiger partial charge in [-0.2, -0.15) is 0 Å². The zero-order valence-corrected chi connectivity index (χ0v) is 10.3. The van der Waals surface area contributed by atoms with Crippen molar-refractivity contribution >= 4 is 10.9 Å². The number of hydrogen-bond donors (Lipinski definition) is 0. The van der Waals surface area contributed by atoms with Crippen molar-refractivity contribution in [3.63, 3.8) is 0 Å². The Labute approximate surface area is 97.5 Å². The third-order valence-corrected chi connectivity index (χ3v) is 2.10. The Kier molecular flexibility index (Phi) is 4.54. The first-order valence-corrected chi connectivity index (χ1v) is 5.60. The molecule has 2 aromatic rings. The fourth-order valence-electron chi connectivity index (χ4n) is 1.45. The van der Waals surface area contributed by atoms with E-state index in [0.29, 0.717) is 0 Å². The van der Waals surface area contributed by atoms with Crippen LogP contribution >= 0.6 is 0 Å². The van der Waals surface area contributed by atoms with Crippen LogP contribution in [0.2, 0.25) is 0 Å². The summed E-state index contributed by atoms with van der Waals surface area (Å²) >= 11 is 0. The largest absolute Gasteiger partial charge is 0.253 e. The van der Waals surface area contributed by atoms with E-state index in [1.165, 1.54) is 0 Å². The van der Waals surface area contributed by atoms with E-state index in [0.717, 1.165) is 22.2 Å². The van der Waals surface area contributed by atoms with Gasteiger partial charge in [-0.05, 0) is 38.1 Å². The van der Waals surface area contributed by atoms with Gasteiger partial charge in [0, 0.05) is 16.6 Å². The molecule has 0 atom stereocenters. The van der Waals surface area contributed by atoms with Gasteiger partial charge in [-0.1, -0.05) is 25.8 Å². The highest BCUT2D eigenvalue weighted by Gasteiger charge is 1.95. The van der Waals surface area contributed by atoms with Crippen molar-refractivity contribution in [2.45, 2.75) is 27.7 Å². The highest BCUT2D eigenvalue weighted by Crippen LogP contribution is 2.13. The molecule has 0 aliphatic heterocycles. The quantitative estimate of drug-likeness (QED) is 0.601. The SMILES string of the molecule is CC.CC#Cc1ccc2nc(C)ccc2c1. The summed E-state index contributed by atoms with van der Waals surface area (Å²) in [6.45, 7) is 7.84. The summed E-state index contributed by atoms with van der Waals surface area (Å²) in [5, 5.41) is 1.15. The second-order valence-electron chi connectivity index (χ2n) is 3.24. The summed E-state index contributed by atoms with van der Waals surface area (Å²) in [5.41, 5.74) is 3.13. The Morgan fingerprint density at radius 3 is 2.50 bits per heavy atom. The number of rotatable bonds is 0. The molecule has 82 valence electrons. The third kappa shape index (κ3) is 2.84. The van der Waals surface area contributed by atoms with Crippen molar-refractivity contribution in [1.82, 2.24) is 4.98 Å². The zero-order chi connectivity index (χ0) is 12.0. The van der Waals surface area contributed by atoms with Crippen molar-refractivity contribution < 1.29 is 0 Å². The Morgan fingerprint density at radius 1 is 1.06 bits per heavy atom. The normalized spacial score (nSPS) is 8.75. The van der Waals surface area contributed by atoms with E-state index < -0.39 is 0 Å². The van der Waals surface area contributed by atoms with Gasteiger partial charge in [0.25, 0.3) is 0 Å². The highest BCUT2D eigenvalue weighted by molar-refractivity contribution is 5.80. The second-order valence-corrected chi connectivity index (χ2v) is 3.24. The molecule has 0 aliphatic rings. The molecule has 0 unspecified atom stereocenters. The number of pyridine rings is 1. The molecule has 2 rings (SSSR count).